The Hall–Kier alpha value is -1.26. The van der Waals surface area contributed by atoms with E-state index in [9.17, 15) is 4.79 Å². The van der Waals surface area contributed by atoms with Crippen LogP contribution in [0.2, 0.25) is 0 Å². The highest BCUT2D eigenvalue weighted by Gasteiger charge is 2.11. The highest BCUT2D eigenvalue weighted by atomic mass is 79.9. The molecule has 0 aliphatic rings. The van der Waals surface area contributed by atoms with E-state index in [-0.39, 0.29) is 5.91 Å². The van der Waals surface area contributed by atoms with Crippen LogP contribution >= 0.6 is 28.6 Å². The minimum Gasteiger partial charge on any atom is -0.322 e. The van der Waals surface area contributed by atoms with E-state index >= 15 is 0 Å². The van der Waals surface area contributed by atoms with Gasteiger partial charge in [-0.15, -0.1) is 12.6 Å². The monoisotopic (exact) mass is 335 g/mol. The molecule has 0 unspecified atom stereocenters. The molecule has 0 spiro atoms. The number of halogens is 1. The summed E-state index contributed by atoms with van der Waals surface area (Å²) in [5.74, 6) is -0.147. The van der Waals surface area contributed by atoms with Gasteiger partial charge in [-0.2, -0.15) is 0 Å². The Bertz CT molecular complexity index is 640. The second kappa shape index (κ2) is 5.80. The summed E-state index contributed by atoms with van der Waals surface area (Å²) in [6, 6.07) is 11.4. The third kappa shape index (κ3) is 3.39. The van der Waals surface area contributed by atoms with E-state index < -0.39 is 0 Å². The Morgan fingerprint density at radius 3 is 2.58 bits per heavy atom. The van der Waals surface area contributed by atoms with Crippen LogP contribution in [0, 0.1) is 13.8 Å². The van der Waals surface area contributed by atoms with Crippen molar-refractivity contribution in [3.05, 3.63) is 57.6 Å². The molecule has 0 radical (unpaired) electrons. The largest absolute Gasteiger partial charge is 0.322 e. The molecule has 98 valence electrons. The van der Waals surface area contributed by atoms with Crippen molar-refractivity contribution in [3.8, 4) is 0 Å². The number of aryl methyl sites for hydroxylation is 2. The maximum atomic E-state index is 12.2. The molecule has 0 aliphatic carbocycles. The topological polar surface area (TPSA) is 29.1 Å². The SMILES string of the molecule is Cc1ccc(C)c(NC(=O)c2ccc(Br)cc2S)c1. The summed E-state index contributed by atoms with van der Waals surface area (Å²) in [6.45, 7) is 3.97. The van der Waals surface area contributed by atoms with Crippen molar-refractivity contribution in [1.82, 2.24) is 0 Å². The van der Waals surface area contributed by atoms with Gasteiger partial charge in [0.05, 0.1) is 5.56 Å². The number of benzene rings is 2. The third-order valence-electron chi connectivity index (χ3n) is 2.85. The van der Waals surface area contributed by atoms with E-state index in [4.69, 9.17) is 0 Å². The number of thiol groups is 1. The fourth-order valence-electron chi connectivity index (χ4n) is 1.76. The number of carbonyl (C=O) groups is 1. The first-order valence-corrected chi connectivity index (χ1v) is 7.08. The van der Waals surface area contributed by atoms with Crippen LogP contribution in [0.4, 0.5) is 5.69 Å². The predicted octanol–water partition coefficient (Wildman–Crippen LogP) is 4.61. The summed E-state index contributed by atoms with van der Waals surface area (Å²) >= 11 is 7.68. The van der Waals surface area contributed by atoms with E-state index in [1.165, 1.54) is 0 Å². The lowest BCUT2D eigenvalue weighted by Gasteiger charge is -2.10. The zero-order valence-corrected chi connectivity index (χ0v) is 13.2. The smallest absolute Gasteiger partial charge is 0.256 e. The minimum absolute atomic E-state index is 0.147. The van der Waals surface area contributed by atoms with Gasteiger partial charge in [-0.05, 0) is 49.2 Å². The second-order valence-electron chi connectivity index (χ2n) is 4.43. The maximum Gasteiger partial charge on any atom is 0.256 e. The van der Waals surface area contributed by atoms with Crippen LogP contribution in [0.1, 0.15) is 21.5 Å². The van der Waals surface area contributed by atoms with Gasteiger partial charge >= 0.3 is 0 Å². The van der Waals surface area contributed by atoms with Gasteiger partial charge in [0, 0.05) is 15.1 Å². The average Bonchev–Trinajstić information content (AvgIpc) is 2.33. The molecule has 4 heteroatoms. The molecule has 0 atom stereocenters. The quantitative estimate of drug-likeness (QED) is 0.771. The fraction of sp³-hybridized carbons (Fsp3) is 0.133. The molecule has 2 aromatic rings. The van der Waals surface area contributed by atoms with Crippen LogP contribution in [0.25, 0.3) is 0 Å². The van der Waals surface area contributed by atoms with Gasteiger partial charge < -0.3 is 5.32 Å². The standard InChI is InChI=1S/C15H14BrNOS/c1-9-3-4-10(2)13(7-9)17-15(18)12-6-5-11(16)8-14(12)19/h3-8,19H,1-2H3,(H,17,18). The van der Waals surface area contributed by atoms with E-state index in [0.29, 0.717) is 10.5 Å². The molecular formula is C15H14BrNOS. The first-order chi connectivity index (χ1) is 8.97. The Labute approximate surface area is 126 Å². The summed E-state index contributed by atoms with van der Waals surface area (Å²) in [5.41, 5.74) is 3.55. The molecule has 0 fully saturated rings. The van der Waals surface area contributed by atoms with Crippen LogP contribution in [-0.2, 0) is 0 Å². The molecule has 0 aliphatic heterocycles. The van der Waals surface area contributed by atoms with Crippen molar-refractivity contribution in [2.75, 3.05) is 5.32 Å². The first kappa shape index (κ1) is 14.2. The van der Waals surface area contributed by atoms with E-state index in [2.05, 4.69) is 33.9 Å². The van der Waals surface area contributed by atoms with E-state index in [1.807, 2.05) is 38.1 Å². The Morgan fingerprint density at radius 2 is 1.89 bits per heavy atom. The molecule has 1 N–H and O–H groups in total. The highest BCUT2D eigenvalue weighted by molar-refractivity contribution is 9.10. The van der Waals surface area contributed by atoms with Gasteiger partial charge in [-0.3, -0.25) is 4.79 Å². The van der Waals surface area contributed by atoms with E-state index in [1.54, 1.807) is 12.1 Å². The van der Waals surface area contributed by atoms with Crippen molar-refractivity contribution in [1.29, 1.82) is 0 Å². The van der Waals surface area contributed by atoms with Crippen molar-refractivity contribution in [2.45, 2.75) is 18.7 Å². The summed E-state index contributed by atoms with van der Waals surface area (Å²) in [5, 5.41) is 2.92. The third-order valence-corrected chi connectivity index (χ3v) is 3.71. The molecule has 2 rings (SSSR count). The summed E-state index contributed by atoms with van der Waals surface area (Å²) in [4.78, 5) is 12.9. The van der Waals surface area contributed by atoms with Crippen molar-refractivity contribution < 1.29 is 4.79 Å². The van der Waals surface area contributed by atoms with Crippen LogP contribution in [0.3, 0.4) is 0 Å². The molecule has 1 amide bonds. The normalized spacial score (nSPS) is 10.3. The zero-order valence-electron chi connectivity index (χ0n) is 10.7. The van der Waals surface area contributed by atoms with Gasteiger partial charge in [-0.25, -0.2) is 0 Å². The van der Waals surface area contributed by atoms with Crippen molar-refractivity contribution >= 4 is 40.2 Å². The molecule has 0 heterocycles. The van der Waals surface area contributed by atoms with Gasteiger partial charge in [0.15, 0.2) is 0 Å². The van der Waals surface area contributed by atoms with Crippen LogP contribution < -0.4 is 5.32 Å². The van der Waals surface area contributed by atoms with Gasteiger partial charge in [-0.1, -0.05) is 28.1 Å². The minimum atomic E-state index is -0.147. The molecule has 19 heavy (non-hydrogen) atoms. The molecular weight excluding hydrogens is 322 g/mol. The molecule has 0 saturated heterocycles. The number of anilines is 1. The molecule has 2 aromatic carbocycles. The summed E-state index contributed by atoms with van der Waals surface area (Å²) in [6.07, 6.45) is 0. The molecule has 0 saturated carbocycles. The highest BCUT2D eigenvalue weighted by Crippen LogP contribution is 2.22. The zero-order chi connectivity index (χ0) is 14.0. The number of amides is 1. The van der Waals surface area contributed by atoms with Gasteiger partial charge in [0.25, 0.3) is 5.91 Å². The number of hydrogen-bond donors (Lipinski definition) is 2. The average molecular weight is 336 g/mol. The van der Waals surface area contributed by atoms with Gasteiger partial charge in [0.2, 0.25) is 0 Å². The van der Waals surface area contributed by atoms with Crippen LogP contribution in [0.5, 0.6) is 0 Å². The van der Waals surface area contributed by atoms with Gasteiger partial charge in [0.1, 0.15) is 0 Å². The lowest BCUT2D eigenvalue weighted by Crippen LogP contribution is -2.13. The van der Waals surface area contributed by atoms with Crippen molar-refractivity contribution in [2.24, 2.45) is 0 Å². The van der Waals surface area contributed by atoms with Crippen LogP contribution in [0.15, 0.2) is 45.8 Å². The lowest BCUT2D eigenvalue weighted by atomic mass is 10.1. The summed E-state index contributed by atoms with van der Waals surface area (Å²) < 4.78 is 0.904. The Kier molecular flexibility index (Phi) is 4.32. The van der Waals surface area contributed by atoms with Crippen LogP contribution in [-0.4, -0.2) is 5.91 Å². The van der Waals surface area contributed by atoms with Crippen molar-refractivity contribution in [3.63, 3.8) is 0 Å². The lowest BCUT2D eigenvalue weighted by molar-refractivity contribution is 0.102. The van der Waals surface area contributed by atoms with E-state index in [0.717, 1.165) is 21.3 Å². The Morgan fingerprint density at radius 1 is 1.16 bits per heavy atom. The Balaban J connectivity index is 2.28. The molecule has 2 nitrogen and oxygen atoms in total. The number of hydrogen-bond acceptors (Lipinski definition) is 2. The number of nitrogens with one attached hydrogen (secondary N) is 1. The first-order valence-electron chi connectivity index (χ1n) is 5.84. The fourth-order valence-corrected chi connectivity index (χ4v) is 2.61. The molecule has 0 aromatic heterocycles. The number of rotatable bonds is 2. The number of carbonyl (C=O) groups excluding carboxylic acids is 1. The second-order valence-corrected chi connectivity index (χ2v) is 5.83. The molecule has 0 bridgehead atoms. The predicted molar refractivity (Wildman–Crippen MR) is 85.3 cm³/mol. The summed E-state index contributed by atoms with van der Waals surface area (Å²) in [7, 11) is 0. The maximum absolute atomic E-state index is 12.2.